The Hall–Kier alpha value is -3.55. The molecular formula is C26H23N3O3S. The molecule has 1 heterocycles. The molecule has 0 bridgehead atoms. The summed E-state index contributed by atoms with van der Waals surface area (Å²) in [7, 11) is 0. The number of rotatable bonds is 7. The van der Waals surface area contributed by atoms with Crippen LogP contribution in [0.25, 0.3) is 10.9 Å². The van der Waals surface area contributed by atoms with E-state index in [2.05, 4.69) is 4.98 Å². The van der Waals surface area contributed by atoms with Crippen molar-refractivity contribution in [1.82, 2.24) is 9.88 Å². The van der Waals surface area contributed by atoms with Gasteiger partial charge >= 0.3 is 0 Å². The fraction of sp³-hybridized carbons (Fsp3) is 0.154. The molecule has 0 saturated heterocycles. The number of hydrogen-bond donors (Lipinski definition) is 1. The summed E-state index contributed by atoms with van der Waals surface area (Å²) in [6.45, 7) is 0.497. The Kier molecular flexibility index (Phi) is 5.90. The molecule has 1 amide bonds. The molecule has 1 N–H and O–H groups in total. The molecule has 33 heavy (non-hydrogen) atoms. The van der Waals surface area contributed by atoms with Crippen LogP contribution >= 0.6 is 0 Å². The molecule has 6 nitrogen and oxygen atoms in total. The third-order valence-electron chi connectivity index (χ3n) is 5.78. The molecule has 3 aromatic carbocycles. The van der Waals surface area contributed by atoms with Gasteiger partial charge < -0.3 is 4.90 Å². The number of nitrogens with zero attached hydrogens (tertiary/aromatic N) is 3. The van der Waals surface area contributed by atoms with Crippen molar-refractivity contribution in [2.75, 3.05) is 4.31 Å². The van der Waals surface area contributed by atoms with Crippen LogP contribution in [-0.4, -0.2) is 30.6 Å². The van der Waals surface area contributed by atoms with Crippen molar-refractivity contribution >= 4 is 39.5 Å². The maximum Gasteiger partial charge on any atom is 0.266 e. The predicted octanol–water partition coefficient (Wildman–Crippen LogP) is 5.31. The molecule has 7 heteroatoms. The lowest BCUT2D eigenvalue weighted by molar-refractivity contribution is 0.0731. The number of anilines is 2. The van der Waals surface area contributed by atoms with Gasteiger partial charge in [-0.25, -0.2) is 8.51 Å². The fourth-order valence-corrected chi connectivity index (χ4v) is 4.71. The van der Waals surface area contributed by atoms with Crippen LogP contribution in [0.3, 0.4) is 0 Å². The summed E-state index contributed by atoms with van der Waals surface area (Å²) in [6, 6.07) is 26.2. The minimum Gasteiger partial charge on any atom is -0.331 e. The molecule has 4 aromatic rings. The van der Waals surface area contributed by atoms with Gasteiger partial charge in [0.15, 0.2) is 0 Å². The van der Waals surface area contributed by atoms with Crippen molar-refractivity contribution in [3.63, 3.8) is 0 Å². The highest BCUT2D eigenvalue weighted by Gasteiger charge is 2.35. The zero-order valence-corrected chi connectivity index (χ0v) is 18.7. The summed E-state index contributed by atoms with van der Waals surface area (Å²) in [5, 5.41) is 0.845. The standard InChI is InChI=1S/C26H23N3O3S/c30-26(28(21-15-16-21)18-19-8-2-1-3-9-19)22-12-4-5-13-23(22)29(33(31)32)24-14-6-10-20-11-7-17-27-25(20)24/h1-14,17,21H,15-16,18H2,(H,31,32). The third kappa shape index (κ3) is 4.37. The molecule has 0 radical (unpaired) electrons. The van der Waals surface area contributed by atoms with E-state index < -0.39 is 11.3 Å². The minimum atomic E-state index is -2.41. The molecule has 0 aliphatic heterocycles. The first-order valence-electron chi connectivity index (χ1n) is 10.8. The van der Waals surface area contributed by atoms with Crippen molar-refractivity contribution in [2.45, 2.75) is 25.4 Å². The summed E-state index contributed by atoms with van der Waals surface area (Å²) in [5.74, 6) is -0.152. The normalized spacial score (nSPS) is 14.1. The Bertz CT molecular complexity index is 1320. The number of hydrogen-bond acceptors (Lipinski definition) is 3. The molecule has 1 saturated carbocycles. The molecule has 0 spiro atoms. The van der Waals surface area contributed by atoms with E-state index in [0.29, 0.717) is 29.0 Å². The van der Waals surface area contributed by atoms with Crippen LogP contribution in [-0.2, 0) is 17.8 Å². The van der Waals surface area contributed by atoms with Crippen molar-refractivity contribution in [3.8, 4) is 0 Å². The number of para-hydroxylation sites is 2. The van der Waals surface area contributed by atoms with Crippen LogP contribution < -0.4 is 4.31 Å². The van der Waals surface area contributed by atoms with Gasteiger partial charge in [0.1, 0.15) is 0 Å². The van der Waals surface area contributed by atoms with E-state index in [9.17, 15) is 13.6 Å². The third-order valence-corrected chi connectivity index (χ3v) is 6.49. The zero-order valence-electron chi connectivity index (χ0n) is 17.9. The zero-order chi connectivity index (χ0) is 22.8. The largest absolute Gasteiger partial charge is 0.331 e. The highest BCUT2D eigenvalue weighted by molar-refractivity contribution is 7.81. The van der Waals surface area contributed by atoms with Gasteiger partial charge in [0.05, 0.1) is 22.5 Å². The van der Waals surface area contributed by atoms with Crippen LogP contribution in [0.4, 0.5) is 11.4 Å². The molecular weight excluding hydrogens is 434 g/mol. The first-order chi connectivity index (χ1) is 16.1. The lowest BCUT2D eigenvalue weighted by Crippen LogP contribution is -2.34. The summed E-state index contributed by atoms with van der Waals surface area (Å²) >= 11 is -2.41. The van der Waals surface area contributed by atoms with Gasteiger partial charge in [0.2, 0.25) is 0 Å². The number of benzene rings is 3. The molecule has 1 aromatic heterocycles. The highest BCUT2D eigenvalue weighted by Crippen LogP contribution is 2.36. The van der Waals surface area contributed by atoms with Gasteiger partial charge in [-0.1, -0.05) is 60.7 Å². The molecule has 1 fully saturated rings. The molecule has 166 valence electrons. The fourth-order valence-electron chi connectivity index (χ4n) is 4.07. The molecule has 1 atom stereocenters. The molecule has 1 aliphatic carbocycles. The Morgan fingerprint density at radius 3 is 2.36 bits per heavy atom. The van der Waals surface area contributed by atoms with Gasteiger partial charge in [0.25, 0.3) is 17.2 Å². The van der Waals surface area contributed by atoms with Crippen molar-refractivity contribution in [3.05, 3.63) is 102 Å². The van der Waals surface area contributed by atoms with E-state index in [1.54, 1.807) is 36.5 Å². The van der Waals surface area contributed by atoms with E-state index >= 15 is 0 Å². The Labute approximate surface area is 194 Å². The number of pyridine rings is 1. The molecule has 1 unspecified atom stereocenters. The number of amides is 1. The van der Waals surface area contributed by atoms with Crippen LogP contribution in [0, 0.1) is 0 Å². The average Bonchev–Trinajstić information content (AvgIpc) is 3.69. The van der Waals surface area contributed by atoms with Crippen molar-refractivity contribution in [1.29, 1.82) is 0 Å². The van der Waals surface area contributed by atoms with Crippen molar-refractivity contribution in [2.24, 2.45) is 0 Å². The quantitative estimate of drug-likeness (QED) is 0.382. The Morgan fingerprint density at radius 1 is 0.909 bits per heavy atom. The summed E-state index contributed by atoms with van der Waals surface area (Å²) in [4.78, 5) is 20.1. The monoisotopic (exact) mass is 457 g/mol. The Balaban J connectivity index is 1.58. The van der Waals surface area contributed by atoms with E-state index in [1.807, 2.05) is 59.5 Å². The highest BCUT2D eigenvalue weighted by atomic mass is 32.2. The van der Waals surface area contributed by atoms with E-state index in [1.165, 1.54) is 4.31 Å². The van der Waals surface area contributed by atoms with Gasteiger partial charge in [-0.2, -0.15) is 0 Å². The maximum atomic E-state index is 13.8. The van der Waals surface area contributed by atoms with E-state index in [4.69, 9.17) is 0 Å². The minimum absolute atomic E-state index is 0.152. The molecule has 1 aliphatic rings. The predicted molar refractivity (Wildman–Crippen MR) is 130 cm³/mol. The van der Waals surface area contributed by atoms with Gasteiger partial charge in [-0.3, -0.25) is 14.3 Å². The maximum absolute atomic E-state index is 13.8. The average molecular weight is 458 g/mol. The first kappa shape index (κ1) is 21.3. The van der Waals surface area contributed by atoms with Gasteiger partial charge in [-0.15, -0.1) is 0 Å². The SMILES string of the molecule is O=C(c1ccccc1N(c1cccc2cccnc12)S(=O)O)N(Cc1ccccc1)C1CC1. The topological polar surface area (TPSA) is 73.7 Å². The lowest BCUT2D eigenvalue weighted by atomic mass is 10.1. The van der Waals surface area contributed by atoms with Crippen LogP contribution in [0.5, 0.6) is 0 Å². The van der Waals surface area contributed by atoms with Gasteiger partial charge in [-0.05, 0) is 42.7 Å². The number of carbonyl (C=O) groups is 1. The van der Waals surface area contributed by atoms with Crippen LogP contribution in [0.1, 0.15) is 28.8 Å². The Morgan fingerprint density at radius 2 is 1.61 bits per heavy atom. The summed E-state index contributed by atoms with van der Waals surface area (Å²) in [5.41, 5.74) is 2.87. The van der Waals surface area contributed by atoms with Crippen LogP contribution in [0.15, 0.2) is 91.1 Å². The van der Waals surface area contributed by atoms with E-state index in [0.717, 1.165) is 23.8 Å². The lowest BCUT2D eigenvalue weighted by Gasteiger charge is -2.27. The number of fused-ring (bicyclic) bond motifs is 1. The summed E-state index contributed by atoms with van der Waals surface area (Å²) in [6.07, 6.45) is 3.57. The smallest absolute Gasteiger partial charge is 0.266 e. The molecule has 5 rings (SSSR count). The van der Waals surface area contributed by atoms with Crippen molar-refractivity contribution < 1.29 is 13.6 Å². The number of aromatic nitrogens is 1. The number of carbonyl (C=O) groups excluding carboxylic acids is 1. The second-order valence-corrected chi connectivity index (χ2v) is 8.87. The second kappa shape index (κ2) is 9.13. The summed E-state index contributed by atoms with van der Waals surface area (Å²) < 4.78 is 24.2. The van der Waals surface area contributed by atoms with E-state index in [-0.39, 0.29) is 11.9 Å². The first-order valence-corrected chi connectivity index (χ1v) is 11.9. The van der Waals surface area contributed by atoms with Crippen LogP contribution in [0.2, 0.25) is 0 Å². The van der Waals surface area contributed by atoms with Gasteiger partial charge in [0, 0.05) is 24.2 Å². The second-order valence-electron chi connectivity index (χ2n) is 8.04.